The maximum atomic E-state index is 13.8. The van der Waals surface area contributed by atoms with E-state index in [-0.39, 0.29) is 37.2 Å². The Morgan fingerprint density at radius 3 is 2.53 bits per heavy atom. The highest BCUT2D eigenvalue weighted by molar-refractivity contribution is 8.03. The zero-order valence-corrected chi connectivity index (χ0v) is 27.4. The Balaban J connectivity index is 1.40. The van der Waals surface area contributed by atoms with Crippen LogP contribution in [0.15, 0.2) is 99.2 Å². The third kappa shape index (κ3) is 7.55. The molecule has 11 nitrogen and oxygen atoms in total. The number of ether oxygens (including phenoxy) is 2. The fourth-order valence-corrected chi connectivity index (χ4v) is 6.91. The van der Waals surface area contributed by atoms with Crippen LogP contribution >= 0.6 is 35.6 Å². The monoisotopic (exact) mass is 690 g/mol. The summed E-state index contributed by atoms with van der Waals surface area (Å²) in [6.07, 6.45) is 9.34. The fourth-order valence-electron chi connectivity index (χ4n) is 4.82. The smallest absolute Gasteiger partial charge is 0.294 e. The molecule has 5 rings (SSSR count). The van der Waals surface area contributed by atoms with Crippen molar-refractivity contribution in [1.82, 2.24) is 14.7 Å². The summed E-state index contributed by atoms with van der Waals surface area (Å²) in [5.41, 5.74) is 1.26. The van der Waals surface area contributed by atoms with Crippen molar-refractivity contribution < 1.29 is 32.3 Å². The van der Waals surface area contributed by atoms with Gasteiger partial charge < -0.3 is 29.3 Å². The minimum atomic E-state index is -4.30. The highest BCUT2D eigenvalue weighted by atomic mass is 35.5. The van der Waals surface area contributed by atoms with E-state index in [0.29, 0.717) is 47.0 Å². The average molecular weight is 691 g/mol. The van der Waals surface area contributed by atoms with Gasteiger partial charge in [0, 0.05) is 30.1 Å². The van der Waals surface area contributed by atoms with Crippen LogP contribution in [-0.2, 0) is 19.6 Å². The lowest BCUT2D eigenvalue weighted by molar-refractivity contribution is -0.122. The number of likely N-dealkylation sites (N-methyl/N-ethyl adjacent to an activating group) is 1. The molecule has 238 valence electrons. The normalized spacial score (nSPS) is 18.4. The maximum Gasteiger partial charge on any atom is 0.294 e. The number of anilines is 1. The van der Waals surface area contributed by atoms with Crippen molar-refractivity contribution in [1.29, 1.82) is 0 Å². The van der Waals surface area contributed by atoms with E-state index < -0.39 is 10.1 Å². The zero-order chi connectivity index (χ0) is 32.1. The number of thioether (sulfide) groups is 1. The number of aliphatic hydroxyl groups is 1. The number of nitrogens with zero attached hydrogens (tertiary/aromatic N) is 4. The van der Waals surface area contributed by atoms with Crippen LogP contribution in [0.2, 0.25) is 5.02 Å². The Morgan fingerprint density at radius 2 is 1.82 bits per heavy atom. The topological polar surface area (TPSA) is 123 Å². The first-order valence-electron chi connectivity index (χ1n) is 13.9. The molecule has 1 fully saturated rings. The van der Waals surface area contributed by atoms with E-state index in [2.05, 4.69) is 0 Å². The van der Waals surface area contributed by atoms with Gasteiger partial charge in [-0.25, -0.2) is 4.90 Å². The van der Waals surface area contributed by atoms with Gasteiger partial charge in [-0.15, -0.1) is 0 Å². The quantitative estimate of drug-likeness (QED) is 0.144. The molecule has 1 amide bonds. The molecule has 3 aliphatic heterocycles. The van der Waals surface area contributed by atoms with Gasteiger partial charge in [-0.1, -0.05) is 35.5 Å². The lowest BCUT2D eigenvalue weighted by atomic mass is 10.2. The molecule has 1 saturated heterocycles. The summed E-state index contributed by atoms with van der Waals surface area (Å²) in [4.78, 5) is 21.8. The molecule has 45 heavy (non-hydrogen) atoms. The van der Waals surface area contributed by atoms with Gasteiger partial charge >= 0.3 is 0 Å². The molecule has 0 atom stereocenters. The Bertz CT molecular complexity index is 1690. The summed E-state index contributed by atoms with van der Waals surface area (Å²) < 4.78 is 43.3. The van der Waals surface area contributed by atoms with Crippen LogP contribution in [0.25, 0.3) is 0 Å². The van der Waals surface area contributed by atoms with Crippen molar-refractivity contribution in [3.8, 4) is 5.75 Å². The first-order valence-corrected chi connectivity index (χ1v) is 16.9. The molecule has 0 aliphatic carbocycles. The Hall–Kier alpha value is -3.37. The molecule has 0 radical (unpaired) electrons. The second-order valence-corrected chi connectivity index (χ2v) is 13.2. The number of thiocarbonyl (C=S) groups is 1. The number of hydrogen-bond acceptors (Lipinski definition) is 10. The number of fused-ring (bicyclic) bond motifs is 1. The van der Waals surface area contributed by atoms with Crippen LogP contribution in [0.4, 0.5) is 5.69 Å². The summed E-state index contributed by atoms with van der Waals surface area (Å²) in [6.45, 7) is 1.95. The minimum absolute atomic E-state index is 0.106. The lowest BCUT2D eigenvalue weighted by Crippen LogP contribution is -2.40. The Labute approximate surface area is 276 Å². The van der Waals surface area contributed by atoms with Crippen molar-refractivity contribution >= 4 is 62.4 Å². The van der Waals surface area contributed by atoms with Crippen molar-refractivity contribution in [3.63, 3.8) is 0 Å². The number of hydrogen-bond donors (Lipinski definition) is 2. The van der Waals surface area contributed by atoms with E-state index >= 15 is 0 Å². The summed E-state index contributed by atoms with van der Waals surface area (Å²) in [5.74, 6) is 0.846. The number of carbonyl (C=O) groups excluding carboxylic acids is 1. The Kier molecular flexibility index (Phi) is 10.5. The second-order valence-electron chi connectivity index (χ2n) is 9.96. The first-order chi connectivity index (χ1) is 21.6. The molecule has 0 bridgehead atoms. The van der Waals surface area contributed by atoms with Gasteiger partial charge in [0.05, 0.1) is 42.0 Å². The summed E-state index contributed by atoms with van der Waals surface area (Å²) in [5, 5.41) is 10.9. The highest BCUT2D eigenvalue weighted by Crippen LogP contribution is 2.47. The molecule has 0 unspecified atom stereocenters. The van der Waals surface area contributed by atoms with Crippen LogP contribution in [0.3, 0.4) is 0 Å². The van der Waals surface area contributed by atoms with Crippen LogP contribution in [0, 0.1) is 0 Å². The molecule has 0 aromatic heterocycles. The van der Waals surface area contributed by atoms with Crippen LogP contribution < -0.4 is 9.64 Å². The third-order valence-electron chi connectivity index (χ3n) is 6.99. The third-order valence-corrected chi connectivity index (χ3v) is 9.63. The fraction of sp³-hybridized carbons (Fsp3) is 0.267. The molecular formula is C30H31ClN4O7S3. The maximum absolute atomic E-state index is 13.8. The van der Waals surface area contributed by atoms with Crippen molar-refractivity contribution in [2.24, 2.45) is 0 Å². The highest BCUT2D eigenvalue weighted by Gasteiger charge is 2.41. The van der Waals surface area contributed by atoms with E-state index in [9.17, 15) is 17.8 Å². The number of rotatable bonds is 12. The molecule has 2 aromatic carbocycles. The van der Waals surface area contributed by atoms with E-state index in [1.807, 2.05) is 59.4 Å². The Morgan fingerprint density at radius 1 is 1.07 bits per heavy atom. The van der Waals surface area contributed by atoms with Gasteiger partial charge in [0.25, 0.3) is 16.0 Å². The van der Waals surface area contributed by atoms with Gasteiger partial charge in [0.15, 0.2) is 5.11 Å². The zero-order valence-electron chi connectivity index (χ0n) is 24.2. The van der Waals surface area contributed by atoms with E-state index in [0.717, 1.165) is 15.6 Å². The van der Waals surface area contributed by atoms with Gasteiger partial charge in [-0.05, 0) is 72.9 Å². The molecule has 2 aromatic rings. The van der Waals surface area contributed by atoms with Crippen LogP contribution in [-0.4, -0.2) is 96.9 Å². The molecule has 3 heterocycles. The number of halogens is 1. The SMILES string of the molecule is CN1CC=CC=C1N1C(=O)C(=CC=C2Sc3ccc(Cl)cc3N2CCOc2ccc(S(=O)(=O)O)cc2)N(CCOCCO)C1=S. The lowest BCUT2D eigenvalue weighted by Gasteiger charge is -2.30. The second kappa shape index (κ2) is 14.4. The standard InChI is InChI=1S/C30H31ClN4O7S3/c1-32-13-3-2-4-27(32)35-29(37)24(34(30(35)43)14-17-41-19-16-36)10-12-28-33(25-20-21(31)5-11-26(25)44-28)15-18-42-22-6-8-23(9-7-22)45(38,39)40/h2-12,20,36H,13-19H2,1H3,(H,38,39,40). The first kappa shape index (κ1) is 33.0. The molecular weight excluding hydrogens is 660 g/mol. The molecule has 0 spiro atoms. The number of allylic oxidation sites excluding steroid dienone is 4. The van der Waals surface area contributed by atoms with Crippen molar-refractivity contribution in [3.05, 3.63) is 94.4 Å². The van der Waals surface area contributed by atoms with Crippen molar-refractivity contribution in [2.75, 3.05) is 58.0 Å². The van der Waals surface area contributed by atoms with Gasteiger partial charge in [0.1, 0.15) is 23.9 Å². The van der Waals surface area contributed by atoms with E-state index in [4.69, 9.17) is 38.4 Å². The molecule has 0 saturated carbocycles. The molecule has 15 heteroatoms. The van der Waals surface area contributed by atoms with Crippen molar-refractivity contribution in [2.45, 2.75) is 9.79 Å². The van der Waals surface area contributed by atoms with E-state index in [1.54, 1.807) is 11.0 Å². The number of benzene rings is 2. The molecule has 2 N–H and O–H groups in total. The predicted octanol–water partition coefficient (Wildman–Crippen LogP) is 4.08. The van der Waals surface area contributed by atoms with Crippen LogP contribution in [0.5, 0.6) is 5.75 Å². The predicted molar refractivity (Wildman–Crippen MR) is 176 cm³/mol. The number of aliphatic hydroxyl groups excluding tert-OH is 1. The summed E-state index contributed by atoms with van der Waals surface area (Å²) in [6, 6.07) is 11.1. The van der Waals surface area contributed by atoms with Gasteiger partial charge in [-0.3, -0.25) is 9.35 Å². The minimum Gasteiger partial charge on any atom is -0.492 e. The largest absolute Gasteiger partial charge is 0.492 e. The van der Waals surface area contributed by atoms with E-state index in [1.165, 1.54) is 40.9 Å². The summed E-state index contributed by atoms with van der Waals surface area (Å²) in [7, 11) is -2.41. The van der Waals surface area contributed by atoms with Crippen LogP contribution in [0.1, 0.15) is 0 Å². The van der Waals surface area contributed by atoms with Gasteiger partial charge in [0.2, 0.25) is 0 Å². The van der Waals surface area contributed by atoms with Gasteiger partial charge in [-0.2, -0.15) is 8.42 Å². The molecule has 3 aliphatic rings. The number of carbonyl (C=O) groups is 1. The summed E-state index contributed by atoms with van der Waals surface area (Å²) >= 11 is 13.6. The number of amides is 1. The average Bonchev–Trinajstić information content (AvgIpc) is 3.46.